The van der Waals surface area contributed by atoms with Gasteiger partial charge in [-0.25, -0.2) is 9.18 Å². The van der Waals surface area contributed by atoms with E-state index in [1.807, 2.05) is 13.8 Å². The smallest absolute Gasteiger partial charge is 0.337 e. The van der Waals surface area contributed by atoms with Crippen LogP contribution in [0.15, 0.2) is 0 Å². The van der Waals surface area contributed by atoms with E-state index in [1.165, 1.54) is 0 Å². The van der Waals surface area contributed by atoms with Gasteiger partial charge in [0.2, 0.25) is 0 Å². The SMILES string of the molecule is CCOC(=O)CF.CCOCC. The molecule has 0 atom stereocenters. The van der Waals surface area contributed by atoms with Crippen LogP contribution in [-0.4, -0.2) is 32.5 Å². The molecular formula is C8H17FO3. The molecule has 0 aromatic rings. The van der Waals surface area contributed by atoms with Gasteiger partial charge < -0.3 is 9.47 Å². The third-order valence-corrected chi connectivity index (χ3v) is 0.823. The van der Waals surface area contributed by atoms with Crippen molar-refractivity contribution in [3.8, 4) is 0 Å². The van der Waals surface area contributed by atoms with E-state index < -0.39 is 12.6 Å². The van der Waals surface area contributed by atoms with Crippen molar-refractivity contribution in [1.82, 2.24) is 0 Å². The third-order valence-electron chi connectivity index (χ3n) is 0.823. The highest BCUT2D eigenvalue weighted by Gasteiger charge is 1.94. The summed E-state index contributed by atoms with van der Waals surface area (Å²) in [6.45, 7) is 6.53. The Morgan fingerprint density at radius 2 is 1.67 bits per heavy atom. The number of ether oxygens (including phenoxy) is 2. The van der Waals surface area contributed by atoms with Crippen molar-refractivity contribution in [2.24, 2.45) is 0 Å². The number of carbonyl (C=O) groups is 1. The number of hydrogen-bond donors (Lipinski definition) is 0. The van der Waals surface area contributed by atoms with E-state index in [1.54, 1.807) is 6.92 Å². The minimum atomic E-state index is -1.02. The molecule has 0 aliphatic rings. The molecule has 0 bridgehead atoms. The first-order chi connectivity index (χ1) is 5.72. The molecule has 0 aromatic carbocycles. The molecule has 0 radical (unpaired) electrons. The highest BCUT2D eigenvalue weighted by atomic mass is 19.1. The molecule has 12 heavy (non-hydrogen) atoms. The number of alkyl halides is 1. The fraction of sp³-hybridized carbons (Fsp3) is 0.875. The van der Waals surface area contributed by atoms with Gasteiger partial charge in [-0.3, -0.25) is 0 Å². The van der Waals surface area contributed by atoms with Crippen molar-refractivity contribution in [3.63, 3.8) is 0 Å². The van der Waals surface area contributed by atoms with Crippen molar-refractivity contribution >= 4 is 5.97 Å². The Morgan fingerprint density at radius 1 is 1.17 bits per heavy atom. The lowest BCUT2D eigenvalue weighted by atomic mass is 10.7. The van der Waals surface area contributed by atoms with Crippen LogP contribution < -0.4 is 0 Å². The maximum atomic E-state index is 11.1. The zero-order chi connectivity index (χ0) is 9.82. The summed E-state index contributed by atoms with van der Waals surface area (Å²) in [6, 6.07) is 0. The van der Waals surface area contributed by atoms with E-state index in [4.69, 9.17) is 4.74 Å². The van der Waals surface area contributed by atoms with Crippen LogP contribution in [-0.2, 0) is 14.3 Å². The van der Waals surface area contributed by atoms with Crippen LogP contribution in [0.3, 0.4) is 0 Å². The van der Waals surface area contributed by atoms with Crippen molar-refractivity contribution in [1.29, 1.82) is 0 Å². The molecule has 4 heteroatoms. The topological polar surface area (TPSA) is 35.5 Å². The van der Waals surface area contributed by atoms with E-state index in [2.05, 4.69) is 4.74 Å². The number of hydrogen-bond acceptors (Lipinski definition) is 3. The summed E-state index contributed by atoms with van der Waals surface area (Å²) in [5.41, 5.74) is 0. The molecule has 0 rings (SSSR count). The molecule has 3 nitrogen and oxygen atoms in total. The molecule has 0 aliphatic heterocycles. The molecule has 0 N–H and O–H groups in total. The molecule has 0 aliphatic carbocycles. The summed E-state index contributed by atoms with van der Waals surface area (Å²) in [4.78, 5) is 9.81. The molecule has 0 aromatic heterocycles. The first-order valence-electron chi connectivity index (χ1n) is 4.02. The van der Waals surface area contributed by atoms with Crippen LogP contribution in [0.1, 0.15) is 20.8 Å². The summed E-state index contributed by atoms with van der Waals surface area (Å²) in [5, 5.41) is 0. The second kappa shape index (κ2) is 13.0. The van der Waals surface area contributed by atoms with Gasteiger partial charge in [-0.05, 0) is 20.8 Å². The second-order valence-electron chi connectivity index (χ2n) is 1.72. The summed E-state index contributed by atoms with van der Waals surface area (Å²) >= 11 is 0. The van der Waals surface area contributed by atoms with Gasteiger partial charge in [0.15, 0.2) is 6.67 Å². The zero-order valence-corrected chi connectivity index (χ0v) is 7.93. The minimum absolute atomic E-state index is 0.253. The first kappa shape index (κ1) is 13.9. The monoisotopic (exact) mass is 180 g/mol. The van der Waals surface area contributed by atoms with E-state index in [9.17, 15) is 9.18 Å². The molecule has 0 unspecified atom stereocenters. The van der Waals surface area contributed by atoms with Crippen LogP contribution in [0.5, 0.6) is 0 Å². The second-order valence-corrected chi connectivity index (χ2v) is 1.72. The number of halogens is 1. The van der Waals surface area contributed by atoms with Crippen molar-refractivity contribution in [2.75, 3.05) is 26.5 Å². The normalized spacial score (nSPS) is 8.33. The number of carbonyl (C=O) groups excluding carboxylic acids is 1. The molecule has 0 fully saturated rings. The van der Waals surface area contributed by atoms with Gasteiger partial charge in [-0.2, -0.15) is 0 Å². The predicted octanol–water partition coefficient (Wildman–Crippen LogP) is 1.56. The van der Waals surface area contributed by atoms with Crippen molar-refractivity contribution < 1.29 is 18.7 Å². The minimum Gasteiger partial charge on any atom is -0.464 e. The Bertz CT molecular complexity index is 94.3. The molecule has 0 spiro atoms. The zero-order valence-electron chi connectivity index (χ0n) is 7.93. The fourth-order valence-electron chi connectivity index (χ4n) is 0.404. The van der Waals surface area contributed by atoms with Gasteiger partial charge in [0.25, 0.3) is 0 Å². The quantitative estimate of drug-likeness (QED) is 0.616. The van der Waals surface area contributed by atoms with E-state index in [0.717, 1.165) is 13.2 Å². The molecule has 0 saturated carbocycles. The molecule has 74 valence electrons. The lowest BCUT2D eigenvalue weighted by Crippen LogP contribution is -2.04. The van der Waals surface area contributed by atoms with Gasteiger partial charge in [0, 0.05) is 13.2 Å². The van der Waals surface area contributed by atoms with Crippen LogP contribution in [0.2, 0.25) is 0 Å². The maximum Gasteiger partial charge on any atom is 0.337 e. The standard InChI is InChI=1S/C4H7FO2.C4H10O/c1-2-7-4(6)3-5;1-3-5-4-2/h2-3H2,1H3;3-4H2,1-2H3. The lowest BCUT2D eigenvalue weighted by Gasteiger charge is -1.92. The van der Waals surface area contributed by atoms with Gasteiger partial charge in [0.1, 0.15) is 0 Å². The van der Waals surface area contributed by atoms with E-state index in [0.29, 0.717) is 0 Å². The van der Waals surface area contributed by atoms with E-state index >= 15 is 0 Å². The molecule has 0 heterocycles. The van der Waals surface area contributed by atoms with Gasteiger partial charge >= 0.3 is 5.97 Å². The van der Waals surface area contributed by atoms with Crippen LogP contribution in [0.25, 0.3) is 0 Å². The fourth-order valence-corrected chi connectivity index (χ4v) is 0.404. The Labute approximate surface area is 72.9 Å². The van der Waals surface area contributed by atoms with E-state index in [-0.39, 0.29) is 6.61 Å². The largest absolute Gasteiger partial charge is 0.464 e. The average molecular weight is 180 g/mol. The summed E-state index contributed by atoms with van der Waals surface area (Å²) in [6.07, 6.45) is 0. The van der Waals surface area contributed by atoms with Gasteiger partial charge in [-0.1, -0.05) is 0 Å². The Hall–Kier alpha value is -0.640. The predicted molar refractivity (Wildman–Crippen MR) is 44.8 cm³/mol. The van der Waals surface area contributed by atoms with Crippen LogP contribution >= 0.6 is 0 Å². The van der Waals surface area contributed by atoms with Gasteiger partial charge in [0.05, 0.1) is 6.61 Å². The number of esters is 1. The lowest BCUT2D eigenvalue weighted by molar-refractivity contribution is -0.144. The molecule has 0 saturated heterocycles. The van der Waals surface area contributed by atoms with Crippen molar-refractivity contribution in [3.05, 3.63) is 0 Å². The Kier molecular flexibility index (Phi) is 15.1. The summed E-state index contributed by atoms with van der Waals surface area (Å²) in [5.74, 6) is -0.789. The highest BCUT2D eigenvalue weighted by Crippen LogP contribution is 1.75. The molecular weight excluding hydrogens is 163 g/mol. The Balaban J connectivity index is 0. The average Bonchev–Trinajstić information content (AvgIpc) is 2.07. The van der Waals surface area contributed by atoms with Crippen LogP contribution in [0.4, 0.5) is 4.39 Å². The maximum absolute atomic E-state index is 11.1. The number of rotatable bonds is 4. The van der Waals surface area contributed by atoms with Crippen molar-refractivity contribution in [2.45, 2.75) is 20.8 Å². The van der Waals surface area contributed by atoms with Crippen LogP contribution in [0, 0.1) is 0 Å². The van der Waals surface area contributed by atoms with Gasteiger partial charge in [-0.15, -0.1) is 0 Å². The highest BCUT2D eigenvalue weighted by molar-refractivity contribution is 5.70. The molecule has 0 amide bonds. The first-order valence-corrected chi connectivity index (χ1v) is 4.02. The summed E-state index contributed by atoms with van der Waals surface area (Å²) < 4.78 is 20.1. The summed E-state index contributed by atoms with van der Waals surface area (Å²) in [7, 11) is 0. The third kappa shape index (κ3) is 16.2. The Morgan fingerprint density at radius 3 is 1.75 bits per heavy atom.